The number of aldehydes is 1. The van der Waals surface area contributed by atoms with Gasteiger partial charge in [-0.05, 0) is 43.5 Å². The summed E-state index contributed by atoms with van der Waals surface area (Å²) in [5, 5.41) is 19.3. The first-order chi connectivity index (χ1) is 13.3. The Balaban J connectivity index is 2.58. The summed E-state index contributed by atoms with van der Waals surface area (Å²) in [4.78, 5) is 44.1. The second kappa shape index (κ2) is 7.22. The van der Waals surface area contributed by atoms with E-state index in [2.05, 4.69) is 9.97 Å². The highest BCUT2D eigenvalue weighted by Gasteiger charge is 2.18. The lowest BCUT2D eigenvalue weighted by atomic mass is 10.0. The number of ether oxygens (including phenoxy) is 1. The molecule has 8 nitrogen and oxygen atoms in total. The van der Waals surface area contributed by atoms with E-state index in [1.165, 1.54) is 13.2 Å². The lowest BCUT2D eigenvalue weighted by Gasteiger charge is -2.10. The predicted molar refractivity (Wildman–Crippen MR) is 102 cm³/mol. The molecule has 0 amide bonds. The average molecular weight is 382 g/mol. The van der Waals surface area contributed by atoms with Crippen molar-refractivity contribution in [2.75, 3.05) is 7.11 Å². The molecule has 144 valence electrons. The van der Waals surface area contributed by atoms with Gasteiger partial charge in [0, 0.05) is 12.0 Å². The number of nitrogens with zero attached hydrogens (tertiary/aromatic N) is 2. The largest absolute Gasteiger partial charge is 0.507 e. The molecule has 0 unspecified atom stereocenters. The summed E-state index contributed by atoms with van der Waals surface area (Å²) in [7, 11) is 1.47. The van der Waals surface area contributed by atoms with Gasteiger partial charge in [0.05, 0.1) is 34.6 Å². The van der Waals surface area contributed by atoms with Crippen LogP contribution in [0.4, 0.5) is 0 Å². The van der Waals surface area contributed by atoms with E-state index in [-0.39, 0.29) is 40.6 Å². The van der Waals surface area contributed by atoms with Gasteiger partial charge in [0.15, 0.2) is 6.29 Å². The van der Waals surface area contributed by atoms with Crippen molar-refractivity contribution in [3.8, 4) is 11.5 Å². The Bertz CT molecular complexity index is 1200. The van der Waals surface area contributed by atoms with E-state index in [1.807, 2.05) is 0 Å². The van der Waals surface area contributed by atoms with E-state index < -0.39 is 11.5 Å². The number of aryl methyl sites for hydroxylation is 3. The minimum Gasteiger partial charge on any atom is -0.507 e. The van der Waals surface area contributed by atoms with Crippen LogP contribution < -0.4 is 10.3 Å². The van der Waals surface area contributed by atoms with Crippen LogP contribution in [-0.4, -0.2) is 39.5 Å². The van der Waals surface area contributed by atoms with Crippen molar-refractivity contribution in [1.29, 1.82) is 0 Å². The maximum Gasteiger partial charge on any atom is 0.303 e. The fourth-order valence-electron chi connectivity index (χ4n) is 3.26. The van der Waals surface area contributed by atoms with Crippen LogP contribution in [0.15, 0.2) is 16.9 Å². The van der Waals surface area contributed by atoms with Gasteiger partial charge in [0.25, 0.3) is 5.56 Å². The van der Waals surface area contributed by atoms with Crippen molar-refractivity contribution in [3.05, 3.63) is 44.7 Å². The summed E-state index contributed by atoms with van der Waals surface area (Å²) < 4.78 is 5.34. The number of hydrogen-bond acceptors (Lipinski definition) is 7. The number of carbonyl (C=O) groups excluding carboxylic acids is 1. The van der Waals surface area contributed by atoms with Crippen molar-refractivity contribution in [1.82, 2.24) is 9.97 Å². The Hall–Kier alpha value is -3.55. The minimum absolute atomic E-state index is 0.0288. The topological polar surface area (TPSA) is 127 Å². The molecule has 8 heteroatoms. The van der Waals surface area contributed by atoms with Crippen LogP contribution in [0.3, 0.4) is 0 Å². The van der Waals surface area contributed by atoms with Crippen molar-refractivity contribution in [2.45, 2.75) is 26.7 Å². The molecule has 3 aromatic rings. The van der Waals surface area contributed by atoms with Gasteiger partial charge < -0.3 is 14.9 Å². The van der Waals surface area contributed by atoms with Gasteiger partial charge in [-0.25, -0.2) is 9.97 Å². The number of phenolic OH excluding ortho intramolecular Hbond substituents is 1. The first-order valence-electron chi connectivity index (χ1n) is 8.50. The molecule has 0 aliphatic heterocycles. The second-order valence-electron chi connectivity index (χ2n) is 6.45. The van der Waals surface area contributed by atoms with Crippen LogP contribution in [0, 0.1) is 13.8 Å². The molecular weight excluding hydrogens is 364 g/mol. The van der Waals surface area contributed by atoms with Crippen LogP contribution in [0.1, 0.15) is 33.5 Å². The SMILES string of the molecule is COc1cc(CCC(=O)O)c2nc3c(C=O)c(O)cc(C)c3c(=O)nc2c1C. The molecule has 0 radical (unpaired) electrons. The fraction of sp³-hybridized carbons (Fsp3) is 0.250. The van der Waals surface area contributed by atoms with Gasteiger partial charge in [0.1, 0.15) is 11.5 Å². The predicted octanol–water partition coefficient (Wildman–Crippen LogP) is 2.30. The van der Waals surface area contributed by atoms with Crippen LogP contribution in [0.5, 0.6) is 11.5 Å². The number of rotatable bonds is 5. The third-order valence-corrected chi connectivity index (χ3v) is 4.67. The van der Waals surface area contributed by atoms with Gasteiger partial charge in [-0.1, -0.05) is 0 Å². The molecule has 1 heterocycles. The molecule has 0 aliphatic rings. The Morgan fingerprint density at radius 2 is 1.89 bits per heavy atom. The summed E-state index contributed by atoms with van der Waals surface area (Å²) in [5.74, 6) is -0.826. The highest BCUT2D eigenvalue weighted by molar-refractivity contribution is 6.01. The van der Waals surface area contributed by atoms with Crippen LogP contribution in [0.2, 0.25) is 0 Å². The molecule has 0 aliphatic carbocycles. The third-order valence-electron chi connectivity index (χ3n) is 4.67. The molecule has 1 aromatic heterocycles. The van der Waals surface area contributed by atoms with Gasteiger partial charge in [-0.2, -0.15) is 0 Å². The van der Waals surface area contributed by atoms with E-state index in [1.54, 1.807) is 19.9 Å². The van der Waals surface area contributed by atoms with Crippen LogP contribution in [0.25, 0.3) is 21.9 Å². The number of aliphatic carboxylic acids is 1. The normalized spacial score (nSPS) is 11.0. The van der Waals surface area contributed by atoms with Gasteiger partial charge in [-0.3, -0.25) is 14.4 Å². The van der Waals surface area contributed by atoms with E-state index >= 15 is 0 Å². The number of benzene rings is 2. The number of methoxy groups -OCH3 is 1. The lowest BCUT2D eigenvalue weighted by Crippen LogP contribution is -2.06. The Morgan fingerprint density at radius 1 is 1.18 bits per heavy atom. The number of aromatic nitrogens is 2. The summed E-state index contributed by atoms with van der Waals surface area (Å²) in [6.45, 7) is 3.33. The monoisotopic (exact) mass is 382 g/mol. The van der Waals surface area contributed by atoms with Gasteiger partial charge in [0.2, 0.25) is 0 Å². The van der Waals surface area contributed by atoms with E-state index in [0.717, 1.165) is 0 Å². The Labute approximate surface area is 159 Å². The number of fused-ring (bicyclic) bond motifs is 2. The summed E-state index contributed by atoms with van der Waals surface area (Å²) in [6, 6.07) is 2.97. The summed E-state index contributed by atoms with van der Waals surface area (Å²) in [5.41, 5.74) is 1.38. The molecule has 0 fully saturated rings. The number of carbonyl (C=O) groups is 2. The van der Waals surface area contributed by atoms with E-state index in [0.29, 0.717) is 34.2 Å². The summed E-state index contributed by atoms with van der Waals surface area (Å²) in [6.07, 6.45) is 0.405. The van der Waals surface area contributed by atoms with Gasteiger partial charge in [-0.15, -0.1) is 0 Å². The molecule has 0 spiro atoms. The maximum absolute atomic E-state index is 12.8. The van der Waals surface area contributed by atoms with Crippen molar-refractivity contribution in [3.63, 3.8) is 0 Å². The zero-order valence-corrected chi connectivity index (χ0v) is 15.6. The minimum atomic E-state index is -0.989. The second-order valence-corrected chi connectivity index (χ2v) is 6.45. The molecule has 0 atom stereocenters. The first-order valence-corrected chi connectivity index (χ1v) is 8.50. The highest BCUT2D eigenvalue weighted by Crippen LogP contribution is 2.31. The fourth-order valence-corrected chi connectivity index (χ4v) is 3.26. The molecule has 2 N–H and O–H groups in total. The van der Waals surface area contributed by atoms with Crippen molar-refractivity contribution in [2.24, 2.45) is 0 Å². The number of carboxylic acid groups (broad SMARTS) is 1. The van der Waals surface area contributed by atoms with Crippen molar-refractivity contribution >= 4 is 34.2 Å². The number of carboxylic acids is 1. The average Bonchev–Trinajstić information content (AvgIpc) is 2.78. The molecule has 0 saturated heterocycles. The number of hydrogen-bond donors (Lipinski definition) is 2. The smallest absolute Gasteiger partial charge is 0.303 e. The zero-order valence-electron chi connectivity index (χ0n) is 15.6. The molecule has 3 rings (SSSR count). The zero-order chi connectivity index (χ0) is 20.6. The molecule has 2 aromatic carbocycles. The first kappa shape index (κ1) is 19.2. The molecule has 0 saturated carbocycles. The maximum atomic E-state index is 12.8. The number of phenols is 1. The standard InChI is InChI=1S/C20H18N2O6/c1-9-6-13(24)12(8-23)19-16(9)20(27)22-17-10(2)14(28-3)7-11(18(17)21-19)4-5-15(25)26/h6-8,24H,4-5H2,1-3H3,(H,25,26). The molecular formula is C20H18N2O6. The van der Waals surface area contributed by atoms with E-state index in [9.17, 15) is 19.5 Å². The quantitative estimate of drug-likeness (QED) is 0.644. The number of aromatic hydroxyl groups is 1. The van der Waals surface area contributed by atoms with E-state index in [4.69, 9.17) is 9.84 Å². The Morgan fingerprint density at radius 3 is 2.50 bits per heavy atom. The Kier molecular flexibility index (Phi) is 4.96. The highest BCUT2D eigenvalue weighted by atomic mass is 16.5. The van der Waals surface area contributed by atoms with Crippen molar-refractivity contribution < 1.29 is 24.5 Å². The van der Waals surface area contributed by atoms with Gasteiger partial charge >= 0.3 is 5.97 Å². The van der Waals surface area contributed by atoms with Crippen LogP contribution >= 0.6 is 0 Å². The summed E-state index contributed by atoms with van der Waals surface area (Å²) >= 11 is 0. The molecule has 28 heavy (non-hydrogen) atoms. The lowest BCUT2D eigenvalue weighted by molar-refractivity contribution is -0.136. The van der Waals surface area contributed by atoms with Crippen LogP contribution in [-0.2, 0) is 11.2 Å². The molecule has 0 bridgehead atoms. The third kappa shape index (κ3) is 3.13.